The Morgan fingerprint density at radius 2 is 1.84 bits per heavy atom. The first kappa shape index (κ1) is 21.6. The van der Waals surface area contributed by atoms with Gasteiger partial charge in [-0.1, -0.05) is 23.7 Å². The van der Waals surface area contributed by atoms with Crippen molar-refractivity contribution in [3.63, 3.8) is 0 Å². The number of rotatable bonds is 8. The Kier molecular flexibility index (Phi) is 6.56. The molecule has 0 bridgehead atoms. The number of ether oxygens (including phenoxy) is 1. The number of hydrogen-bond donors (Lipinski definition) is 1. The number of aromatic nitrogens is 3. The maximum atomic E-state index is 12.9. The lowest BCUT2D eigenvalue weighted by molar-refractivity contribution is -0.121. The number of nitrogens with one attached hydrogen (secondary N) is 1. The molecule has 0 unspecified atom stereocenters. The summed E-state index contributed by atoms with van der Waals surface area (Å²) in [6.07, 6.45) is 3.57. The van der Waals surface area contributed by atoms with Crippen LogP contribution in [0.25, 0.3) is 16.8 Å². The molecule has 1 amide bonds. The number of benzene rings is 2. The summed E-state index contributed by atoms with van der Waals surface area (Å²) in [4.78, 5) is 25.1. The van der Waals surface area contributed by atoms with Gasteiger partial charge in [0, 0.05) is 42.5 Å². The minimum Gasteiger partial charge on any atom is -0.494 e. The van der Waals surface area contributed by atoms with Crippen LogP contribution in [-0.2, 0) is 17.9 Å². The minimum absolute atomic E-state index is 0.129. The van der Waals surface area contributed by atoms with E-state index in [1.807, 2.05) is 43.3 Å². The lowest BCUT2D eigenvalue weighted by Gasteiger charge is -2.07. The van der Waals surface area contributed by atoms with E-state index in [1.165, 1.54) is 4.57 Å². The van der Waals surface area contributed by atoms with Crippen LogP contribution in [0.2, 0.25) is 5.02 Å². The van der Waals surface area contributed by atoms with E-state index in [2.05, 4.69) is 10.4 Å². The fourth-order valence-corrected chi connectivity index (χ4v) is 3.47. The largest absolute Gasteiger partial charge is 0.494 e. The molecular formula is C24H23ClN4O3. The van der Waals surface area contributed by atoms with Crippen LogP contribution in [0.5, 0.6) is 5.75 Å². The Morgan fingerprint density at radius 1 is 1.09 bits per heavy atom. The molecule has 0 saturated carbocycles. The van der Waals surface area contributed by atoms with Crippen LogP contribution < -0.4 is 15.6 Å². The van der Waals surface area contributed by atoms with Crippen molar-refractivity contribution < 1.29 is 9.53 Å². The number of carbonyl (C=O) groups excluding carboxylic acids is 1. The van der Waals surface area contributed by atoms with Gasteiger partial charge < -0.3 is 14.6 Å². The molecular weight excluding hydrogens is 428 g/mol. The van der Waals surface area contributed by atoms with Gasteiger partial charge >= 0.3 is 0 Å². The second-order valence-electron chi connectivity index (χ2n) is 7.27. The van der Waals surface area contributed by atoms with Crippen molar-refractivity contribution in [1.82, 2.24) is 19.5 Å². The summed E-state index contributed by atoms with van der Waals surface area (Å²) in [5, 5.41) is 8.01. The molecule has 0 aliphatic rings. The van der Waals surface area contributed by atoms with Crippen LogP contribution in [-0.4, -0.2) is 26.7 Å². The normalized spacial score (nSPS) is 10.9. The van der Waals surface area contributed by atoms with Gasteiger partial charge in [-0.15, -0.1) is 0 Å². The number of nitrogens with zero attached hydrogens (tertiary/aromatic N) is 3. The second-order valence-corrected chi connectivity index (χ2v) is 7.70. The highest BCUT2D eigenvalue weighted by Gasteiger charge is 2.10. The highest BCUT2D eigenvalue weighted by Crippen LogP contribution is 2.22. The highest BCUT2D eigenvalue weighted by molar-refractivity contribution is 6.30. The van der Waals surface area contributed by atoms with E-state index in [4.69, 9.17) is 16.3 Å². The number of carbonyl (C=O) groups is 1. The molecule has 2 heterocycles. The highest BCUT2D eigenvalue weighted by atomic mass is 35.5. The molecule has 0 atom stereocenters. The first-order valence-corrected chi connectivity index (χ1v) is 10.7. The van der Waals surface area contributed by atoms with Gasteiger partial charge in [-0.25, -0.2) is 4.52 Å². The molecule has 0 saturated heterocycles. The zero-order valence-corrected chi connectivity index (χ0v) is 18.4. The Labute approximate surface area is 190 Å². The smallest absolute Gasteiger partial charge is 0.276 e. The molecule has 1 N–H and O–H groups in total. The van der Waals surface area contributed by atoms with E-state index in [-0.39, 0.29) is 24.4 Å². The number of halogens is 1. The van der Waals surface area contributed by atoms with Crippen LogP contribution in [0, 0.1) is 0 Å². The van der Waals surface area contributed by atoms with Gasteiger partial charge in [0.1, 0.15) is 11.3 Å². The Morgan fingerprint density at radius 3 is 2.56 bits per heavy atom. The molecule has 0 fully saturated rings. The summed E-state index contributed by atoms with van der Waals surface area (Å²) in [6.45, 7) is 3.24. The van der Waals surface area contributed by atoms with E-state index >= 15 is 0 Å². The SMILES string of the molecule is CCOc1ccc(-c2cc3c(=O)n(CCC(=O)NCc4ccc(Cl)cc4)ccn3n2)cc1. The van der Waals surface area contributed by atoms with Gasteiger partial charge in [0.25, 0.3) is 5.56 Å². The van der Waals surface area contributed by atoms with Crippen molar-refractivity contribution in [3.8, 4) is 17.0 Å². The van der Waals surface area contributed by atoms with Crippen LogP contribution >= 0.6 is 11.6 Å². The van der Waals surface area contributed by atoms with Crippen molar-refractivity contribution in [2.75, 3.05) is 6.61 Å². The van der Waals surface area contributed by atoms with E-state index < -0.39 is 0 Å². The quantitative estimate of drug-likeness (QED) is 0.441. The summed E-state index contributed by atoms with van der Waals surface area (Å²) in [5.74, 6) is 0.659. The van der Waals surface area contributed by atoms with E-state index in [9.17, 15) is 9.59 Å². The fourth-order valence-electron chi connectivity index (χ4n) is 3.35. The minimum atomic E-state index is -0.192. The van der Waals surface area contributed by atoms with Gasteiger partial charge in [-0.05, 0) is 55.0 Å². The molecule has 0 spiro atoms. The van der Waals surface area contributed by atoms with Gasteiger partial charge in [-0.2, -0.15) is 5.10 Å². The Bertz CT molecular complexity index is 1280. The Hall–Kier alpha value is -3.58. The summed E-state index contributed by atoms with van der Waals surface area (Å²) >= 11 is 5.87. The third kappa shape index (κ3) is 5.00. The predicted octanol–water partition coefficient (Wildman–Crippen LogP) is 3.92. The maximum absolute atomic E-state index is 12.9. The van der Waals surface area contributed by atoms with E-state index in [0.29, 0.717) is 29.4 Å². The third-order valence-electron chi connectivity index (χ3n) is 5.05. The van der Waals surface area contributed by atoms with Crippen molar-refractivity contribution in [2.45, 2.75) is 26.4 Å². The van der Waals surface area contributed by atoms with E-state index in [0.717, 1.165) is 16.9 Å². The molecule has 7 nitrogen and oxygen atoms in total. The molecule has 32 heavy (non-hydrogen) atoms. The van der Waals surface area contributed by atoms with Crippen LogP contribution in [0.4, 0.5) is 0 Å². The molecule has 8 heteroatoms. The zero-order valence-electron chi connectivity index (χ0n) is 17.6. The number of aryl methyl sites for hydroxylation is 1. The molecule has 0 aliphatic carbocycles. The van der Waals surface area contributed by atoms with E-state index in [1.54, 1.807) is 35.1 Å². The monoisotopic (exact) mass is 450 g/mol. The van der Waals surface area contributed by atoms with Gasteiger partial charge in [0.15, 0.2) is 0 Å². The van der Waals surface area contributed by atoms with Crippen molar-refractivity contribution >= 4 is 23.0 Å². The lowest BCUT2D eigenvalue weighted by Crippen LogP contribution is -2.27. The summed E-state index contributed by atoms with van der Waals surface area (Å²) in [7, 11) is 0. The predicted molar refractivity (Wildman–Crippen MR) is 124 cm³/mol. The second kappa shape index (κ2) is 9.70. The fraction of sp³-hybridized carbons (Fsp3) is 0.208. The average Bonchev–Trinajstić information content (AvgIpc) is 3.24. The molecule has 2 aromatic heterocycles. The maximum Gasteiger partial charge on any atom is 0.276 e. The summed E-state index contributed by atoms with van der Waals surface area (Å²) < 4.78 is 8.56. The molecule has 0 aliphatic heterocycles. The lowest BCUT2D eigenvalue weighted by atomic mass is 10.1. The molecule has 2 aromatic carbocycles. The average molecular weight is 451 g/mol. The first-order valence-electron chi connectivity index (χ1n) is 10.4. The molecule has 4 rings (SSSR count). The standard InChI is InChI=1S/C24H23ClN4O3/c1-2-32-20-9-5-18(6-10-20)21-15-22-24(31)28(13-14-29(22)27-21)12-11-23(30)26-16-17-3-7-19(25)8-4-17/h3-10,13-15H,2,11-12,16H2,1H3,(H,26,30). The van der Waals surface area contributed by atoms with Gasteiger partial charge in [-0.3, -0.25) is 9.59 Å². The number of amides is 1. The van der Waals surface area contributed by atoms with Crippen molar-refractivity contribution in [3.05, 3.63) is 87.9 Å². The number of fused-ring (bicyclic) bond motifs is 1. The third-order valence-corrected chi connectivity index (χ3v) is 5.30. The van der Waals surface area contributed by atoms with Crippen LogP contribution in [0.3, 0.4) is 0 Å². The Balaban J connectivity index is 1.42. The van der Waals surface area contributed by atoms with Crippen LogP contribution in [0.1, 0.15) is 18.9 Å². The topological polar surface area (TPSA) is 77.6 Å². The van der Waals surface area contributed by atoms with Crippen LogP contribution in [0.15, 0.2) is 71.8 Å². The molecule has 4 aromatic rings. The summed E-state index contributed by atoms with van der Waals surface area (Å²) in [6, 6.07) is 16.6. The number of hydrogen-bond acceptors (Lipinski definition) is 4. The van der Waals surface area contributed by atoms with Gasteiger partial charge in [0.2, 0.25) is 5.91 Å². The summed E-state index contributed by atoms with van der Waals surface area (Å²) in [5.41, 5.74) is 2.82. The van der Waals surface area contributed by atoms with Gasteiger partial charge in [0.05, 0.1) is 12.3 Å². The van der Waals surface area contributed by atoms with Crippen molar-refractivity contribution in [1.29, 1.82) is 0 Å². The molecule has 164 valence electrons. The molecule has 0 radical (unpaired) electrons. The zero-order chi connectivity index (χ0) is 22.5. The first-order chi connectivity index (χ1) is 15.5. The van der Waals surface area contributed by atoms with Crippen molar-refractivity contribution in [2.24, 2.45) is 0 Å².